The highest BCUT2D eigenvalue weighted by molar-refractivity contribution is 4.84. The van der Waals surface area contributed by atoms with Crippen LogP contribution in [0.4, 0.5) is 0 Å². The number of nitrogens with one attached hydrogen (secondary N) is 1. The molecule has 0 amide bonds. The summed E-state index contributed by atoms with van der Waals surface area (Å²) < 4.78 is 0. The Morgan fingerprint density at radius 2 is 1.72 bits per heavy atom. The second-order valence-corrected chi connectivity index (χ2v) is 6.74. The van der Waals surface area contributed by atoms with Gasteiger partial charge in [0.2, 0.25) is 0 Å². The maximum atomic E-state index is 3.57. The van der Waals surface area contributed by atoms with Gasteiger partial charge in [0, 0.05) is 18.6 Å². The maximum absolute atomic E-state index is 3.57. The third kappa shape index (κ3) is 5.27. The van der Waals surface area contributed by atoms with Gasteiger partial charge in [-0.15, -0.1) is 0 Å². The number of nitrogens with zero attached hydrogens (tertiary/aromatic N) is 1. The highest BCUT2D eigenvalue weighted by Crippen LogP contribution is 2.23. The highest BCUT2D eigenvalue weighted by Gasteiger charge is 2.27. The average molecular weight is 254 g/mol. The lowest BCUT2D eigenvalue weighted by molar-refractivity contribution is 0.0911. The van der Waals surface area contributed by atoms with Gasteiger partial charge in [-0.3, -0.25) is 4.90 Å². The molecule has 0 bridgehead atoms. The van der Waals surface area contributed by atoms with Crippen molar-refractivity contribution in [2.75, 3.05) is 19.6 Å². The van der Waals surface area contributed by atoms with Crippen molar-refractivity contribution < 1.29 is 0 Å². The smallest absolute Gasteiger partial charge is 0.0223 e. The van der Waals surface area contributed by atoms with Gasteiger partial charge in [-0.2, -0.15) is 0 Å². The van der Waals surface area contributed by atoms with E-state index in [2.05, 4.69) is 44.8 Å². The van der Waals surface area contributed by atoms with Crippen LogP contribution in [-0.4, -0.2) is 36.6 Å². The zero-order chi connectivity index (χ0) is 13.5. The number of rotatable bonds is 7. The van der Waals surface area contributed by atoms with Crippen LogP contribution in [0.25, 0.3) is 0 Å². The predicted molar refractivity (Wildman–Crippen MR) is 81.0 cm³/mol. The quantitative estimate of drug-likeness (QED) is 0.748. The first-order chi connectivity index (χ1) is 8.54. The summed E-state index contributed by atoms with van der Waals surface area (Å²) in [5, 5.41) is 3.57. The first-order valence-electron chi connectivity index (χ1n) is 8.01. The minimum absolute atomic E-state index is 0.770. The number of hydrogen-bond acceptors (Lipinski definition) is 2. The molecule has 108 valence electrons. The molecular formula is C16H34N2. The summed E-state index contributed by atoms with van der Waals surface area (Å²) in [5.74, 6) is 1.61. The van der Waals surface area contributed by atoms with Gasteiger partial charge in [-0.05, 0) is 50.6 Å². The Labute approximate surface area is 115 Å². The molecule has 1 saturated heterocycles. The lowest BCUT2D eigenvalue weighted by Crippen LogP contribution is -2.51. The van der Waals surface area contributed by atoms with Crippen LogP contribution in [-0.2, 0) is 0 Å². The fraction of sp³-hybridized carbons (Fsp3) is 1.00. The molecule has 1 fully saturated rings. The van der Waals surface area contributed by atoms with Crippen LogP contribution in [0.3, 0.4) is 0 Å². The van der Waals surface area contributed by atoms with E-state index >= 15 is 0 Å². The van der Waals surface area contributed by atoms with Crippen molar-refractivity contribution in [1.29, 1.82) is 0 Å². The third-order valence-electron chi connectivity index (χ3n) is 4.06. The number of hydrogen-bond donors (Lipinski definition) is 1. The fourth-order valence-corrected chi connectivity index (χ4v) is 3.39. The first-order valence-corrected chi connectivity index (χ1v) is 8.01. The van der Waals surface area contributed by atoms with Crippen LogP contribution in [0, 0.1) is 11.8 Å². The molecular weight excluding hydrogens is 220 g/mol. The second-order valence-electron chi connectivity index (χ2n) is 6.74. The lowest BCUT2D eigenvalue weighted by Gasteiger charge is -2.41. The molecule has 18 heavy (non-hydrogen) atoms. The van der Waals surface area contributed by atoms with Crippen molar-refractivity contribution in [2.24, 2.45) is 11.8 Å². The topological polar surface area (TPSA) is 15.3 Å². The van der Waals surface area contributed by atoms with Gasteiger partial charge >= 0.3 is 0 Å². The SMILES string of the molecule is CCN(C1CCCNC1)C(CC(C)C)CC(C)C. The van der Waals surface area contributed by atoms with Gasteiger partial charge in [0.1, 0.15) is 0 Å². The molecule has 0 saturated carbocycles. The number of piperidine rings is 1. The van der Waals surface area contributed by atoms with E-state index in [-0.39, 0.29) is 0 Å². The Bertz CT molecular complexity index is 197. The molecule has 0 aromatic rings. The summed E-state index contributed by atoms with van der Waals surface area (Å²) in [6, 6.07) is 1.55. The molecule has 0 aromatic carbocycles. The number of likely N-dealkylation sites (N-methyl/N-ethyl adjacent to an activating group) is 1. The van der Waals surface area contributed by atoms with Crippen LogP contribution in [0.15, 0.2) is 0 Å². The summed E-state index contributed by atoms with van der Waals surface area (Å²) in [4.78, 5) is 2.78. The molecule has 0 aromatic heterocycles. The van der Waals surface area contributed by atoms with Crippen molar-refractivity contribution in [3.8, 4) is 0 Å². The summed E-state index contributed by atoms with van der Waals surface area (Å²) >= 11 is 0. The van der Waals surface area contributed by atoms with E-state index in [4.69, 9.17) is 0 Å². The van der Waals surface area contributed by atoms with Crippen LogP contribution < -0.4 is 5.32 Å². The molecule has 1 rings (SSSR count). The second kappa shape index (κ2) is 8.16. The molecule has 1 aliphatic heterocycles. The summed E-state index contributed by atoms with van der Waals surface area (Å²) in [6.45, 7) is 15.4. The standard InChI is InChI=1S/C16H34N2/c1-6-18(15-8-7-9-17-12-15)16(10-13(2)3)11-14(4)5/h13-17H,6-12H2,1-5H3. The molecule has 1 aliphatic rings. The molecule has 0 spiro atoms. The van der Waals surface area contributed by atoms with Gasteiger partial charge < -0.3 is 5.32 Å². The minimum Gasteiger partial charge on any atom is -0.315 e. The molecule has 2 nitrogen and oxygen atoms in total. The summed E-state index contributed by atoms with van der Waals surface area (Å²) in [7, 11) is 0. The van der Waals surface area contributed by atoms with E-state index in [1.165, 1.54) is 45.3 Å². The van der Waals surface area contributed by atoms with Crippen molar-refractivity contribution in [3.63, 3.8) is 0 Å². The van der Waals surface area contributed by atoms with Crippen molar-refractivity contribution in [1.82, 2.24) is 10.2 Å². The zero-order valence-electron chi connectivity index (χ0n) is 13.2. The molecule has 1 N–H and O–H groups in total. The van der Waals surface area contributed by atoms with Gasteiger partial charge in [0.25, 0.3) is 0 Å². The van der Waals surface area contributed by atoms with Crippen molar-refractivity contribution in [2.45, 2.75) is 72.4 Å². The molecule has 2 heteroatoms. The molecule has 1 heterocycles. The van der Waals surface area contributed by atoms with Crippen molar-refractivity contribution >= 4 is 0 Å². The van der Waals surface area contributed by atoms with E-state index in [1.54, 1.807) is 0 Å². The van der Waals surface area contributed by atoms with E-state index < -0.39 is 0 Å². The molecule has 0 aliphatic carbocycles. The maximum Gasteiger partial charge on any atom is 0.0223 e. The Hall–Kier alpha value is -0.0800. The largest absolute Gasteiger partial charge is 0.315 e. The molecule has 1 atom stereocenters. The predicted octanol–water partition coefficient (Wildman–Crippen LogP) is 3.52. The van der Waals surface area contributed by atoms with Gasteiger partial charge in [0.15, 0.2) is 0 Å². The third-order valence-corrected chi connectivity index (χ3v) is 4.06. The normalized spacial score (nSPS) is 21.5. The highest BCUT2D eigenvalue weighted by atomic mass is 15.2. The van der Waals surface area contributed by atoms with E-state index in [1.807, 2.05) is 0 Å². The van der Waals surface area contributed by atoms with Gasteiger partial charge in [-0.1, -0.05) is 34.6 Å². The fourth-order valence-electron chi connectivity index (χ4n) is 3.39. The van der Waals surface area contributed by atoms with Gasteiger partial charge in [0.05, 0.1) is 0 Å². The first kappa shape index (κ1) is 16.0. The monoisotopic (exact) mass is 254 g/mol. The Kier molecular flexibility index (Phi) is 7.25. The Morgan fingerprint density at radius 3 is 2.11 bits per heavy atom. The minimum atomic E-state index is 0.770. The molecule has 0 radical (unpaired) electrons. The van der Waals surface area contributed by atoms with Crippen molar-refractivity contribution in [3.05, 3.63) is 0 Å². The van der Waals surface area contributed by atoms with E-state index in [0.29, 0.717) is 0 Å². The van der Waals surface area contributed by atoms with Crippen LogP contribution in [0.1, 0.15) is 60.3 Å². The molecule has 1 unspecified atom stereocenters. The van der Waals surface area contributed by atoms with Crippen LogP contribution in [0.5, 0.6) is 0 Å². The Balaban J connectivity index is 2.64. The average Bonchev–Trinajstić information content (AvgIpc) is 2.29. The summed E-state index contributed by atoms with van der Waals surface area (Å²) in [6.07, 6.45) is 5.43. The van der Waals surface area contributed by atoms with E-state index in [9.17, 15) is 0 Å². The lowest BCUT2D eigenvalue weighted by atomic mass is 9.92. The van der Waals surface area contributed by atoms with Gasteiger partial charge in [-0.25, -0.2) is 0 Å². The van der Waals surface area contributed by atoms with Crippen LogP contribution >= 0.6 is 0 Å². The summed E-state index contributed by atoms with van der Waals surface area (Å²) in [5.41, 5.74) is 0. The van der Waals surface area contributed by atoms with E-state index in [0.717, 1.165) is 23.9 Å². The zero-order valence-corrected chi connectivity index (χ0v) is 13.2. The Morgan fingerprint density at radius 1 is 1.11 bits per heavy atom. The van der Waals surface area contributed by atoms with Crippen LogP contribution in [0.2, 0.25) is 0 Å².